The summed E-state index contributed by atoms with van der Waals surface area (Å²) < 4.78 is 39.9. The Kier molecular flexibility index (Phi) is 5.96. The molecular formula is C20H16F3N5O4. The third-order valence-corrected chi connectivity index (χ3v) is 4.53. The average molecular weight is 447 g/mol. The van der Waals surface area contributed by atoms with Gasteiger partial charge in [0.1, 0.15) is 0 Å². The summed E-state index contributed by atoms with van der Waals surface area (Å²) in [6.45, 7) is 2.99. The molecule has 9 nitrogen and oxygen atoms in total. The maximum absolute atomic E-state index is 13.0. The zero-order chi connectivity index (χ0) is 23.6. The SMILES string of the molecule is C/C(=N\NC(=O)c1ccc([N+](=O)[O-])cc1)c1c(C)[nH]n(-c2cccc(C(F)(F)F)c2)c1=O. The Morgan fingerprint density at radius 1 is 1.19 bits per heavy atom. The van der Waals surface area contributed by atoms with E-state index in [1.807, 2.05) is 0 Å². The first-order valence-corrected chi connectivity index (χ1v) is 9.07. The quantitative estimate of drug-likeness (QED) is 0.353. The molecule has 3 aromatic rings. The van der Waals surface area contributed by atoms with Crippen molar-refractivity contribution in [2.24, 2.45) is 5.10 Å². The molecule has 12 heteroatoms. The van der Waals surface area contributed by atoms with Crippen LogP contribution in [0.4, 0.5) is 18.9 Å². The first-order chi connectivity index (χ1) is 15.0. The van der Waals surface area contributed by atoms with Crippen LogP contribution in [-0.2, 0) is 6.18 Å². The van der Waals surface area contributed by atoms with Crippen molar-refractivity contribution in [2.75, 3.05) is 0 Å². The monoisotopic (exact) mass is 447 g/mol. The van der Waals surface area contributed by atoms with Crippen LogP contribution >= 0.6 is 0 Å². The van der Waals surface area contributed by atoms with Gasteiger partial charge in [0.2, 0.25) is 0 Å². The van der Waals surface area contributed by atoms with Gasteiger partial charge in [0.25, 0.3) is 17.2 Å². The minimum absolute atomic E-state index is 0.0121. The molecule has 2 N–H and O–H groups in total. The van der Waals surface area contributed by atoms with Gasteiger partial charge in [-0.15, -0.1) is 0 Å². The van der Waals surface area contributed by atoms with Gasteiger partial charge >= 0.3 is 6.18 Å². The molecular weight excluding hydrogens is 431 g/mol. The number of hydrogen-bond acceptors (Lipinski definition) is 5. The lowest BCUT2D eigenvalue weighted by molar-refractivity contribution is -0.384. The predicted molar refractivity (Wildman–Crippen MR) is 109 cm³/mol. The number of amides is 1. The van der Waals surface area contributed by atoms with Crippen molar-refractivity contribution in [2.45, 2.75) is 20.0 Å². The van der Waals surface area contributed by atoms with E-state index in [0.717, 1.165) is 28.9 Å². The van der Waals surface area contributed by atoms with Crippen LogP contribution in [0.2, 0.25) is 0 Å². The summed E-state index contributed by atoms with van der Waals surface area (Å²) in [5.41, 5.74) is 1.13. The lowest BCUT2D eigenvalue weighted by atomic mass is 10.1. The fourth-order valence-electron chi connectivity index (χ4n) is 2.97. The lowest BCUT2D eigenvalue weighted by Gasteiger charge is -2.08. The van der Waals surface area contributed by atoms with Gasteiger partial charge in [-0.05, 0) is 44.2 Å². The molecule has 0 fully saturated rings. The summed E-state index contributed by atoms with van der Waals surface area (Å²) in [4.78, 5) is 35.1. The molecule has 0 atom stereocenters. The summed E-state index contributed by atoms with van der Waals surface area (Å²) in [5, 5.41) is 17.3. The molecule has 1 aromatic heterocycles. The van der Waals surface area contributed by atoms with Crippen molar-refractivity contribution in [3.05, 3.63) is 91.4 Å². The number of non-ortho nitro benzene ring substituents is 1. The second kappa shape index (κ2) is 8.49. The molecule has 1 amide bonds. The van der Waals surface area contributed by atoms with Crippen LogP contribution in [0.25, 0.3) is 5.69 Å². The summed E-state index contributed by atoms with van der Waals surface area (Å²) >= 11 is 0. The van der Waals surface area contributed by atoms with E-state index in [2.05, 4.69) is 15.6 Å². The van der Waals surface area contributed by atoms with Crippen molar-refractivity contribution >= 4 is 17.3 Å². The molecule has 0 unspecified atom stereocenters. The number of nitro benzene ring substituents is 1. The number of nitro groups is 1. The van der Waals surface area contributed by atoms with E-state index in [0.29, 0.717) is 5.69 Å². The third kappa shape index (κ3) is 4.58. The molecule has 0 saturated carbocycles. The summed E-state index contributed by atoms with van der Waals surface area (Å²) in [7, 11) is 0. The molecule has 0 aliphatic carbocycles. The third-order valence-electron chi connectivity index (χ3n) is 4.53. The Bertz CT molecular complexity index is 1270. The van der Waals surface area contributed by atoms with Gasteiger partial charge in [-0.2, -0.15) is 18.3 Å². The Morgan fingerprint density at radius 3 is 2.44 bits per heavy atom. The van der Waals surface area contributed by atoms with Gasteiger partial charge < -0.3 is 0 Å². The van der Waals surface area contributed by atoms with Crippen LogP contribution in [0.1, 0.15) is 34.1 Å². The highest BCUT2D eigenvalue weighted by Crippen LogP contribution is 2.30. The summed E-state index contributed by atoms with van der Waals surface area (Å²) in [6, 6.07) is 9.09. The number of nitrogens with one attached hydrogen (secondary N) is 2. The van der Waals surface area contributed by atoms with Crippen molar-refractivity contribution in [1.82, 2.24) is 15.2 Å². The van der Waals surface area contributed by atoms with E-state index >= 15 is 0 Å². The van der Waals surface area contributed by atoms with Gasteiger partial charge in [0.15, 0.2) is 0 Å². The van der Waals surface area contributed by atoms with E-state index < -0.39 is 28.1 Å². The van der Waals surface area contributed by atoms with E-state index in [-0.39, 0.29) is 28.2 Å². The number of alkyl halides is 3. The first-order valence-electron chi connectivity index (χ1n) is 9.07. The minimum atomic E-state index is -4.57. The highest BCUT2D eigenvalue weighted by molar-refractivity contribution is 6.01. The fourth-order valence-corrected chi connectivity index (χ4v) is 2.97. The number of aromatic nitrogens is 2. The number of aromatic amines is 1. The van der Waals surface area contributed by atoms with Crippen molar-refractivity contribution in [1.29, 1.82) is 0 Å². The number of halogens is 3. The van der Waals surface area contributed by atoms with Gasteiger partial charge in [-0.3, -0.25) is 24.8 Å². The van der Waals surface area contributed by atoms with Crippen molar-refractivity contribution in [3.63, 3.8) is 0 Å². The topological polar surface area (TPSA) is 122 Å². The number of aryl methyl sites for hydroxylation is 1. The summed E-state index contributed by atoms with van der Waals surface area (Å²) in [5.74, 6) is -0.661. The maximum atomic E-state index is 13.0. The van der Waals surface area contributed by atoms with Crippen LogP contribution in [0.5, 0.6) is 0 Å². The number of benzene rings is 2. The smallest absolute Gasteiger partial charge is 0.295 e. The number of nitrogens with zero attached hydrogens (tertiary/aromatic N) is 3. The van der Waals surface area contributed by atoms with Gasteiger partial charge in [-0.1, -0.05) is 6.07 Å². The average Bonchev–Trinajstić information content (AvgIpc) is 3.05. The normalized spacial score (nSPS) is 12.0. The Hall–Kier alpha value is -4.22. The van der Waals surface area contributed by atoms with Crippen LogP contribution in [0.3, 0.4) is 0 Å². The fraction of sp³-hybridized carbons (Fsp3) is 0.150. The van der Waals surface area contributed by atoms with E-state index in [1.165, 1.54) is 38.1 Å². The second-order valence-electron chi connectivity index (χ2n) is 6.74. The molecule has 0 radical (unpaired) electrons. The molecule has 1 heterocycles. The number of carbonyl (C=O) groups is 1. The number of H-pyrrole nitrogens is 1. The Balaban J connectivity index is 1.86. The molecule has 0 saturated heterocycles. The van der Waals surface area contributed by atoms with Crippen LogP contribution < -0.4 is 11.0 Å². The second-order valence-corrected chi connectivity index (χ2v) is 6.74. The minimum Gasteiger partial charge on any atom is -0.295 e. The zero-order valence-corrected chi connectivity index (χ0v) is 16.7. The molecule has 32 heavy (non-hydrogen) atoms. The molecule has 2 aromatic carbocycles. The zero-order valence-electron chi connectivity index (χ0n) is 16.7. The van der Waals surface area contributed by atoms with Crippen molar-refractivity contribution in [3.8, 4) is 5.69 Å². The van der Waals surface area contributed by atoms with Gasteiger partial charge in [0.05, 0.1) is 27.4 Å². The number of hydrogen-bond donors (Lipinski definition) is 2. The predicted octanol–water partition coefficient (Wildman–Crippen LogP) is 3.56. The number of carbonyl (C=O) groups excluding carboxylic acids is 1. The molecule has 0 aliphatic rings. The van der Waals surface area contributed by atoms with E-state index in [4.69, 9.17) is 0 Å². The van der Waals surface area contributed by atoms with E-state index in [1.54, 1.807) is 0 Å². The van der Waals surface area contributed by atoms with Gasteiger partial charge in [-0.25, -0.2) is 10.1 Å². The maximum Gasteiger partial charge on any atom is 0.416 e. The highest BCUT2D eigenvalue weighted by atomic mass is 19.4. The first kappa shape index (κ1) is 22.5. The molecule has 0 aliphatic heterocycles. The number of hydrazone groups is 1. The Morgan fingerprint density at radius 2 is 1.84 bits per heavy atom. The number of rotatable bonds is 5. The largest absolute Gasteiger partial charge is 0.416 e. The Labute approximate surface area is 178 Å². The van der Waals surface area contributed by atoms with Crippen molar-refractivity contribution < 1.29 is 22.9 Å². The van der Waals surface area contributed by atoms with Crippen LogP contribution in [-0.4, -0.2) is 26.3 Å². The van der Waals surface area contributed by atoms with Gasteiger partial charge in [0, 0.05) is 23.4 Å². The standard InChI is InChI=1S/C20H16F3N5O4/c1-11(24-25-18(29)13-6-8-15(9-7-13)28(31)32)17-12(2)26-27(19(17)30)16-5-3-4-14(10-16)20(21,22)23/h3-10,26H,1-2H3,(H,25,29)/b24-11+. The molecule has 0 spiro atoms. The summed E-state index contributed by atoms with van der Waals surface area (Å²) in [6.07, 6.45) is -4.57. The lowest BCUT2D eigenvalue weighted by Crippen LogP contribution is -2.23. The highest BCUT2D eigenvalue weighted by Gasteiger charge is 2.30. The van der Waals surface area contributed by atoms with E-state index in [9.17, 15) is 32.9 Å². The van der Waals surface area contributed by atoms with Crippen LogP contribution in [0, 0.1) is 17.0 Å². The molecule has 3 rings (SSSR count). The molecule has 0 bridgehead atoms. The van der Waals surface area contributed by atoms with Crippen LogP contribution in [0.15, 0.2) is 58.4 Å². The molecule has 166 valence electrons.